The molecule has 0 bridgehead atoms. The van der Waals surface area contributed by atoms with Crippen LogP contribution in [0.15, 0.2) is 6.07 Å². The van der Waals surface area contributed by atoms with E-state index in [1.807, 2.05) is 11.8 Å². The average Bonchev–Trinajstić information content (AvgIpc) is 2.63. The number of likely N-dealkylation sites (N-methyl/N-ethyl adjacent to an activating group) is 1. The van der Waals surface area contributed by atoms with Crippen molar-refractivity contribution in [1.29, 1.82) is 0 Å². The summed E-state index contributed by atoms with van der Waals surface area (Å²) < 4.78 is 39.7. The quantitative estimate of drug-likeness (QED) is 0.787. The lowest BCUT2D eigenvalue weighted by molar-refractivity contribution is 0.231. The fraction of sp³-hybridized carbons (Fsp3) is 0.455. The third-order valence-corrected chi connectivity index (χ3v) is 3.09. The van der Waals surface area contributed by atoms with Gasteiger partial charge in [-0.05, 0) is 18.2 Å². The topological polar surface area (TPSA) is 29.3 Å². The highest BCUT2D eigenvalue weighted by atomic mass is 19.2. The first-order valence-electron chi connectivity index (χ1n) is 5.20. The van der Waals surface area contributed by atoms with Crippen LogP contribution in [0.4, 0.5) is 13.2 Å². The van der Waals surface area contributed by atoms with Crippen LogP contribution in [-0.4, -0.2) is 18.0 Å². The molecular weight excluding hydrogens is 217 g/mol. The zero-order valence-electron chi connectivity index (χ0n) is 8.93. The summed E-state index contributed by atoms with van der Waals surface area (Å²) in [6.07, 6.45) is 0. The van der Waals surface area contributed by atoms with Gasteiger partial charge < -0.3 is 5.73 Å². The second-order valence-electron chi connectivity index (χ2n) is 3.87. The van der Waals surface area contributed by atoms with Gasteiger partial charge in [-0.3, -0.25) is 4.90 Å². The summed E-state index contributed by atoms with van der Waals surface area (Å²) in [4.78, 5) is 1.90. The highest BCUT2D eigenvalue weighted by Gasteiger charge is 2.33. The maximum Gasteiger partial charge on any atom is 0.194 e. The van der Waals surface area contributed by atoms with E-state index in [4.69, 9.17) is 5.73 Å². The molecule has 0 fully saturated rings. The van der Waals surface area contributed by atoms with Crippen LogP contribution in [0.25, 0.3) is 0 Å². The lowest BCUT2D eigenvalue weighted by Crippen LogP contribution is -2.27. The number of hydrogen-bond donors (Lipinski definition) is 1. The number of nitrogens with two attached hydrogens (primary N) is 1. The molecule has 1 atom stereocenters. The van der Waals surface area contributed by atoms with Gasteiger partial charge in [-0.25, -0.2) is 13.2 Å². The Hall–Kier alpha value is -1.07. The molecule has 1 aliphatic heterocycles. The predicted octanol–water partition coefficient (Wildman–Crippen LogP) is 1.94. The summed E-state index contributed by atoms with van der Waals surface area (Å²) in [6, 6.07) is 0.839. The van der Waals surface area contributed by atoms with Gasteiger partial charge in [0.2, 0.25) is 0 Å². The van der Waals surface area contributed by atoms with E-state index in [-0.39, 0.29) is 24.7 Å². The van der Waals surface area contributed by atoms with Crippen LogP contribution in [0.3, 0.4) is 0 Å². The van der Waals surface area contributed by atoms with Crippen LogP contribution >= 0.6 is 0 Å². The van der Waals surface area contributed by atoms with Crippen molar-refractivity contribution in [3.8, 4) is 0 Å². The molecule has 2 nitrogen and oxygen atoms in total. The molecular formula is C11H13F3N2. The lowest BCUT2D eigenvalue weighted by atomic mass is 10.0. The molecule has 0 amide bonds. The molecule has 0 aromatic heterocycles. The van der Waals surface area contributed by atoms with Gasteiger partial charge in [0.15, 0.2) is 17.5 Å². The maximum absolute atomic E-state index is 13.5. The van der Waals surface area contributed by atoms with E-state index in [2.05, 4.69) is 0 Å². The van der Waals surface area contributed by atoms with Crippen LogP contribution in [0, 0.1) is 17.5 Å². The van der Waals surface area contributed by atoms with E-state index in [0.717, 1.165) is 6.07 Å². The molecule has 2 N–H and O–H groups in total. The van der Waals surface area contributed by atoms with Crippen molar-refractivity contribution in [3.63, 3.8) is 0 Å². The molecule has 1 aromatic carbocycles. The van der Waals surface area contributed by atoms with Gasteiger partial charge >= 0.3 is 0 Å². The van der Waals surface area contributed by atoms with Gasteiger partial charge in [0.25, 0.3) is 0 Å². The van der Waals surface area contributed by atoms with Crippen molar-refractivity contribution in [2.45, 2.75) is 19.5 Å². The molecule has 5 heteroatoms. The summed E-state index contributed by atoms with van der Waals surface area (Å²) >= 11 is 0. The highest BCUT2D eigenvalue weighted by molar-refractivity contribution is 5.37. The number of fused-ring (bicyclic) bond motifs is 1. The van der Waals surface area contributed by atoms with E-state index in [9.17, 15) is 13.2 Å². The van der Waals surface area contributed by atoms with E-state index in [1.165, 1.54) is 0 Å². The first-order chi connectivity index (χ1) is 7.60. The SMILES string of the molecule is CCN1Cc2c(cc(F)c(F)c2F)C1CN. The molecule has 1 aliphatic rings. The van der Waals surface area contributed by atoms with Crippen molar-refractivity contribution in [3.05, 3.63) is 34.6 Å². The van der Waals surface area contributed by atoms with Gasteiger partial charge in [-0.1, -0.05) is 6.92 Å². The smallest absolute Gasteiger partial charge is 0.194 e. The second kappa shape index (κ2) is 4.07. The number of nitrogens with zero attached hydrogens (tertiary/aromatic N) is 1. The number of hydrogen-bond acceptors (Lipinski definition) is 2. The van der Waals surface area contributed by atoms with Gasteiger partial charge in [-0.2, -0.15) is 0 Å². The lowest BCUT2D eigenvalue weighted by Gasteiger charge is -2.21. The Balaban J connectivity index is 2.54. The third-order valence-electron chi connectivity index (χ3n) is 3.09. The van der Waals surface area contributed by atoms with Gasteiger partial charge in [0.1, 0.15) is 0 Å². The monoisotopic (exact) mass is 230 g/mol. The Morgan fingerprint density at radius 3 is 2.62 bits per heavy atom. The molecule has 1 aromatic rings. The summed E-state index contributed by atoms with van der Waals surface area (Å²) in [5.41, 5.74) is 6.28. The minimum atomic E-state index is -1.40. The molecule has 0 radical (unpaired) electrons. The molecule has 0 saturated heterocycles. The van der Waals surface area contributed by atoms with E-state index < -0.39 is 17.5 Å². The highest BCUT2D eigenvalue weighted by Crippen LogP contribution is 2.35. The molecule has 16 heavy (non-hydrogen) atoms. The average molecular weight is 230 g/mol. The number of benzene rings is 1. The minimum Gasteiger partial charge on any atom is -0.329 e. The molecule has 0 saturated carbocycles. The Morgan fingerprint density at radius 1 is 1.38 bits per heavy atom. The summed E-state index contributed by atoms with van der Waals surface area (Å²) in [7, 11) is 0. The Kier molecular flexibility index (Phi) is 2.90. The van der Waals surface area contributed by atoms with Crippen molar-refractivity contribution < 1.29 is 13.2 Å². The molecule has 1 unspecified atom stereocenters. The second-order valence-corrected chi connectivity index (χ2v) is 3.87. The molecule has 1 heterocycles. The first kappa shape index (κ1) is 11.4. The summed E-state index contributed by atoms with van der Waals surface area (Å²) in [5.74, 6) is -3.62. The van der Waals surface area contributed by atoms with Crippen LogP contribution in [0.5, 0.6) is 0 Å². The first-order valence-corrected chi connectivity index (χ1v) is 5.20. The van der Waals surface area contributed by atoms with Crippen LogP contribution in [0.2, 0.25) is 0 Å². The van der Waals surface area contributed by atoms with E-state index >= 15 is 0 Å². The molecule has 0 aliphatic carbocycles. The third kappa shape index (κ3) is 1.51. The van der Waals surface area contributed by atoms with Gasteiger partial charge in [0.05, 0.1) is 0 Å². The minimum absolute atomic E-state index is 0.218. The Bertz CT molecular complexity index is 420. The standard InChI is InChI=1S/C11H13F3N2/c1-2-16-5-7-6(9(16)4-15)3-8(12)11(14)10(7)13/h3,9H,2,4-5,15H2,1H3. The molecule has 0 spiro atoms. The molecule has 2 rings (SSSR count). The predicted molar refractivity (Wildman–Crippen MR) is 54.2 cm³/mol. The van der Waals surface area contributed by atoms with Crippen molar-refractivity contribution >= 4 is 0 Å². The van der Waals surface area contributed by atoms with Gasteiger partial charge in [-0.15, -0.1) is 0 Å². The Labute approximate surface area is 91.8 Å². The maximum atomic E-state index is 13.5. The fourth-order valence-corrected chi connectivity index (χ4v) is 2.23. The molecule has 88 valence electrons. The summed E-state index contributed by atoms with van der Waals surface area (Å²) in [6.45, 7) is 3.13. The van der Waals surface area contributed by atoms with Crippen molar-refractivity contribution in [2.24, 2.45) is 5.73 Å². The zero-order valence-corrected chi connectivity index (χ0v) is 8.93. The zero-order chi connectivity index (χ0) is 11.9. The van der Waals surface area contributed by atoms with Crippen LogP contribution < -0.4 is 5.73 Å². The number of rotatable bonds is 2. The van der Waals surface area contributed by atoms with Crippen LogP contribution in [0.1, 0.15) is 24.1 Å². The largest absolute Gasteiger partial charge is 0.329 e. The van der Waals surface area contributed by atoms with Crippen molar-refractivity contribution in [1.82, 2.24) is 4.90 Å². The Morgan fingerprint density at radius 2 is 2.06 bits per heavy atom. The summed E-state index contributed by atoms with van der Waals surface area (Å²) in [5, 5.41) is 0. The number of halogens is 3. The van der Waals surface area contributed by atoms with Gasteiger partial charge in [0, 0.05) is 24.7 Å². The van der Waals surface area contributed by atoms with E-state index in [1.54, 1.807) is 0 Å². The van der Waals surface area contributed by atoms with E-state index in [0.29, 0.717) is 12.1 Å². The van der Waals surface area contributed by atoms with Crippen LogP contribution in [-0.2, 0) is 6.54 Å². The van der Waals surface area contributed by atoms with Crippen molar-refractivity contribution in [2.75, 3.05) is 13.1 Å². The fourth-order valence-electron chi connectivity index (χ4n) is 2.23. The normalized spacial score (nSPS) is 20.2.